The molecular weight excluding hydrogens is 468 g/mol. The van der Waals surface area contributed by atoms with Crippen LogP contribution in [0.2, 0.25) is 0 Å². The number of ether oxygens (including phenoxy) is 1. The van der Waals surface area contributed by atoms with E-state index in [1.165, 1.54) is 17.6 Å². The second kappa shape index (κ2) is 10.4. The normalized spacial score (nSPS) is 15.1. The third kappa shape index (κ3) is 5.01. The van der Waals surface area contributed by atoms with E-state index >= 15 is 0 Å². The van der Waals surface area contributed by atoms with Gasteiger partial charge < -0.3 is 14.7 Å². The van der Waals surface area contributed by atoms with Crippen molar-refractivity contribution in [1.29, 1.82) is 0 Å². The first-order valence-corrected chi connectivity index (χ1v) is 12.3. The van der Waals surface area contributed by atoms with E-state index in [0.717, 1.165) is 37.2 Å². The van der Waals surface area contributed by atoms with Gasteiger partial charge in [0.05, 0.1) is 22.5 Å². The smallest absolute Gasteiger partial charge is 0.230 e. The van der Waals surface area contributed by atoms with Crippen molar-refractivity contribution in [1.82, 2.24) is 9.47 Å². The molecule has 37 heavy (non-hydrogen) atoms. The Bertz CT molecular complexity index is 1470. The van der Waals surface area contributed by atoms with E-state index in [0.29, 0.717) is 27.9 Å². The highest BCUT2D eigenvalue weighted by Crippen LogP contribution is 2.36. The summed E-state index contributed by atoms with van der Waals surface area (Å²) in [5.74, 6) is 0.162. The van der Waals surface area contributed by atoms with Crippen LogP contribution < -0.4 is 4.74 Å². The highest BCUT2D eigenvalue weighted by molar-refractivity contribution is 6.23. The first-order valence-electron chi connectivity index (χ1n) is 12.3. The number of aromatic hydroxyl groups is 1. The molecule has 0 aliphatic carbocycles. The third-order valence-corrected chi connectivity index (χ3v) is 6.68. The fourth-order valence-corrected chi connectivity index (χ4v) is 4.76. The van der Waals surface area contributed by atoms with Crippen molar-refractivity contribution >= 4 is 33.9 Å². The Labute approximate surface area is 214 Å². The van der Waals surface area contributed by atoms with E-state index in [1.54, 1.807) is 12.1 Å². The molecule has 0 radical (unpaired) electrons. The van der Waals surface area contributed by atoms with Gasteiger partial charge in [0.25, 0.3) is 0 Å². The van der Waals surface area contributed by atoms with Crippen LogP contribution in [0, 0.1) is 4.91 Å². The molecule has 1 aromatic heterocycles. The summed E-state index contributed by atoms with van der Waals surface area (Å²) in [7, 11) is 2.12. The molecule has 1 N–H and O–H groups in total. The van der Waals surface area contributed by atoms with Crippen molar-refractivity contribution in [3.05, 3.63) is 88.8 Å². The lowest BCUT2D eigenvalue weighted by atomic mass is 10.0. The average molecular weight is 497 g/mol. The number of hydrogen-bond acceptors (Lipinski definition) is 7. The van der Waals surface area contributed by atoms with Gasteiger partial charge >= 0.3 is 0 Å². The second-order valence-corrected chi connectivity index (χ2v) is 9.29. The van der Waals surface area contributed by atoms with Crippen molar-refractivity contribution in [3.8, 4) is 11.6 Å². The summed E-state index contributed by atoms with van der Waals surface area (Å²) in [5, 5.41) is 14.8. The van der Waals surface area contributed by atoms with Crippen LogP contribution in [0.15, 0.2) is 83.0 Å². The van der Waals surface area contributed by atoms with Gasteiger partial charge in [-0.15, -0.1) is 4.91 Å². The van der Waals surface area contributed by atoms with Gasteiger partial charge in [-0.3, -0.25) is 9.36 Å². The summed E-state index contributed by atoms with van der Waals surface area (Å²) in [6.45, 7) is 3.40. The molecule has 1 saturated heterocycles. The number of carbonyl (C=O) groups is 1. The molecule has 5 rings (SSSR count). The van der Waals surface area contributed by atoms with Crippen LogP contribution in [0.3, 0.4) is 0 Å². The number of nitrogens with zero attached hydrogens (tertiary/aromatic N) is 4. The van der Waals surface area contributed by atoms with Crippen LogP contribution >= 0.6 is 0 Å². The molecule has 8 heteroatoms. The maximum Gasteiger partial charge on any atom is 0.230 e. The number of aromatic nitrogens is 1. The van der Waals surface area contributed by atoms with Gasteiger partial charge in [-0.25, -0.2) is 4.99 Å². The molecule has 188 valence electrons. The zero-order valence-electron chi connectivity index (χ0n) is 20.8. The van der Waals surface area contributed by atoms with Gasteiger partial charge in [-0.1, -0.05) is 30.3 Å². The molecule has 1 aliphatic rings. The molecule has 0 atom stereocenters. The zero-order chi connectivity index (χ0) is 25.9. The number of carbonyl (C=O) groups excluding carboxylic acids is 1. The number of piperidine rings is 1. The van der Waals surface area contributed by atoms with Crippen molar-refractivity contribution in [2.75, 3.05) is 20.1 Å². The third-order valence-electron chi connectivity index (χ3n) is 6.68. The van der Waals surface area contributed by atoms with Crippen molar-refractivity contribution in [3.63, 3.8) is 0 Å². The van der Waals surface area contributed by atoms with Gasteiger partial charge in [-0.05, 0) is 67.5 Å². The summed E-state index contributed by atoms with van der Waals surface area (Å²) in [6, 6.07) is 21.8. The quantitative estimate of drug-likeness (QED) is 0.259. The van der Waals surface area contributed by atoms with E-state index in [2.05, 4.69) is 17.1 Å². The summed E-state index contributed by atoms with van der Waals surface area (Å²) in [4.78, 5) is 30.8. The number of fused-ring (bicyclic) bond motifs is 1. The van der Waals surface area contributed by atoms with Crippen molar-refractivity contribution in [2.24, 2.45) is 10.2 Å². The summed E-state index contributed by atoms with van der Waals surface area (Å²) >= 11 is 0. The average Bonchev–Trinajstić information content (AvgIpc) is 3.21. The Hall–Kier alpha value is -4.30. The van der Waals surface area contributed by atoms with E-state index < -0.39 is 0 Å². The Morgan fingerprint density at radius 2 is 1.65 bits per heavy atom. The Kier molecular flexibility index (Phi) is 6.83. The number of hydrogen-bond donors (Lipinski definition) is 1. The van der Waals surface area contributed by atoms with Gasteiger partial charge in [-0.2, -0.15) is 0 Å². The predicted molar refractivity (Wildman–Crippen MR) is 145 cm³/mol. The summed E-state index contributed by atoms with van der Waals surface area (Å²) < 4.78 is 7.35. The SMILES string of the molecule is CC(=O)n1c(O)c(C(=Nc2ccc(OC3CCN(C)CC3)cc2)c2ccccc2)c2ccc(N=O)cc21. The van der Waals surface area contributed by atoms with Gasteiger partial charge in [0.2, 0.25) is 11.8 Å². The molecule has 0 bridgehead atoms. The molecule has 8 nitrogen and oxygen atoms in total. The predicted octanol–water partition coefficient (Wildman–Crippen LogP) is 6.05. The minimum absolute atomic E-state index is 0.164. The molecule has 3 aromatic carbocycles. The fourth-order valence-electron chi connectivity index (χ4n) is 4.76. The second-order valence-electron chi connectivity index (χ2n) is 9.29. The molecule has 4 aromatic rings. The number of aliphatic imine (C=N–C) groups is 1. The molecule has 0 saturated carbocycles. The lowest BCUT2D eigenvalue weighted by molar-refractivity contribution is 0.0933. The molecule has 1 aliphatic heterocycles. The molecule has 1 fully saturated rings. The molecule has 0 unspecified atom stereocenters. The first-order chi connectivity index (χ1) is 17.9. The van der Waals surface area contributed by atoms with Gasteiger partial charge in [0, 0.05) is 31.0 Å². The monoisotopic (exact) mass is 496 g/mol. The number of rotatable bonds is 6. The topological polar surface area (TPSA) is 96.5 Å². The standard InChI is InChI=1S/C29H28N4O4/c1-19(34)33-26-18-22(31-36)10-13-25(26)27(29(33)35)28(20-6-4-3-5-7-20)30-21-8-11-23(12-9-21)37-24-14-16-32(2)17-15-24/h3-13,18,24,35H,14-17H2,1-2H3. The first kappa shape index (κ1) is 24.4. The van der Waals surface area contributed by atoms with Crippen LogP contribution in [0.4, 0.5) is 11.4 Å². The lowest BCUT2D eigenvalue weighted by Crippen LogP contribution is -2.35. The highest BCUT2D eigenvalue weighted by atomic mass is 16.5. The fraction of sp³-hybridized carbons (Fsp3) is 0.241. The summed E-state index contributed by atoms with van der Waals surface area (Å²) in [5.41, 5.74) is 2.90. The van der Waals surface area contributed by atoms with E-state index in [9.17, 15) is 14.8 Å². The van der Waals surface area contributed by atoms with Crippen molar-refractivity contribution in [2.45, 2.75) is 25.9 Å². The van der Waals surface area contributed by atoms with Crippen LogP contribution in [-0.4, -0.2) is 52.4 Å². The Balaban J connectivity index is 1.58. The van der Waals surface area contributed by atoms with Crippen LogP contribution in [0.1, 0.15) is 35.7 Å². The lowest BCUT2D eigenvalue weighted by Gasteiger charge is -2.29. The van der Waals surface area contributed by atoms with E-state index in [-0.39, 0.29) is 23.6 Å². The number of nitroso groups, excluding NO2 is 1. The van der Waals surface area contributed by atoms with Crippen LogP contribution in [0.5, 0.6) is 11.6 Å². The van der Waals surface area contributed by atoms with Gasteiger partial charge in [0.1, 0.15) is 17.5 Å². The van der Waals surface area contributed by atoms with E-state index in [4.69, 9.17) is 9.73 Å². The maximum absolute atomic E-state index is 12.5. The summed E-state index contributed by atoms with van der Waals surface area (Å²) in [6.07, 6.45) is 2.19. The van der Waals surface area contributed by atoms with Crippen molar-refractivity contribution < 1.29 is 14.6 Å². The van der Waals surface area contributed by atoms with E-state index in [1.807, 2.05) is 54.6 Å². The molecule has 0 spiro atoms. The highest BCUT2D eigenvalue weighted by Gasteiger charge is 2.24. The van der Waals surface area contributed by atoms with Crippen LogP contribution in [-0.2, 0) is 0 Å². The number of likely N-dealkylation sites (tertiary alicyclic amines) is 1. The largest absolute Gasteiger partial charge is 0.494 e. The minimum Gasteiger partial charge on any atom is -0.494 e. The molecule has 0 amide bonds. The van der Waals surface area contributed by atoms with Gasteiger partial charge in [0.15, 0.2) is 0 Å². The minimum atomic E-state index is -0.389. The molecular formula is C29H28N4O4. The Morgan fingerprint density at radius 3 is 2.30 bits per heavy atom. The Morgan fingerprint density at radius 1 is 0.973 bits per heavy atom. The molecule has 2 heterocycles. The van der Waals surface area contributed by atoms with Crippen LogP contribution in [0.25, 0.3) is 10.9 Å². The number of benzene rings is 3. The maximum atomic E-state index is 12.5. The zero-order valence-corrected chi connectivity index (χ0v) is 20.8.